The maximum atomic E-state index is 11.1. The van der Waals surface area contributed by atoms with Crippen LogP contribution in [0.25, 0.3) is 10.6 Å². The smallest absolute Gasteiger partial charge is 0.279 e. The number of nitrogens with zero attached hydrogens (tertiary/aromatic N) is 3. The minimum atomic E-state index is -0.371. The molecule has 0 aliphatic rings. The molecule has 0 saturated heterocycles. The van der Waals surface area contributed by atoms with Gasteiger partial charge in [0.15, 0.2) is 5.01 Å². The van der Waals surface area contributed by atoms with Crippen molar-refractivity contribution < 1.29 is 4.92 Å². The van der Waals surface area contributed by atoms with Crippen molar-refractivity contribution in [3.05, 3.63) is 38.9 Å². The van der Waals surface area contributed by atoms with Gasteiger partial charge >= 0.3 is 0 Å². The maximum Gasteiger partial charge on any atom is 0.279 e. The van der Waals surface area contributed by atoms with Crippen LogP contribution in [0.1, 0.15) is 17.0 Å². The molecule has 2 aromatic rings. The molecule has 0 saturated carbocycles. The monoisotopic (exact) mass is 292 g/mol. The molecule has 2 rings (SSSR count). The fraction of sp³-hybridized carbons (Fsp3) is 0.385. The minimum absolute atomic E-state index is 0.0860. The average molecular weight is 292 g/mol. The second-order valence-corrected chi connectivity index (χ2v) is 5.50. The van der Waals surface area contributed by atoms with E-state index in [2.05, 4.69) is 15.5 Å². The Bertz CT molecular complexity index is 612. The first-order valence-electron chi connectivity index (χ1n) is 6.35. The molecule has 20 heavy (non-hydrogen) atoms. The van der Waals surface area contributed by atoms with Crippen molar-refractivity contribution in [2.45, 2.75) is 19.8 Å². The van der Waals surface area contributed by atoms with Crippen LogP contribution >= 0.6 is 11.3 Å². The van der Waals surface area contributed by atoms with Crippen molar-refractivity contribution >= 4 is 17.0 Å². The van der Waals surface area contributed by atoms with Crippen molar-refractivity contribution in [3.8, 4) is 10.6 Å². The first-order chi connectivity index (χ1) is 9.63. The fourth-order valence-corrected chi connectivity index (χ4v) is 2.96. The lowest BCUT2D eigenvalue weighted by Gasteiger charge is -2.02. The van der Waals surface area contributed by atoms with Gasteiger partial charge < -0.3 is 5.32 Å². The molecule has 0 amide bonds. The molecule has 106 valence electrons. The minimum Gasteiger partial charge on any atom is -0.320 e. The van der Waals surface area contributed by atoms with E-state index in [9.17, 15) is 10.1 Å². The molecule has 1 N–H and O–H groups in total. The van der Waals surface area contributed by atoms with E-state index in [4.69, 9.17) is 0 Å². The zero-order valence-electron chi connectivity index (χ0n) is 11.4. The van der Waals surface area contributed by atoms with Crippen molar-refractivity contribution in [2.24, 2.45) is 0 Å². The van der Waals surface area contributed by atoms with Crippen LogP contribution in [0.4, 0.5) is 5.69 Å². The van der Waals surface area contributed by atoms with Gasteiger partial charge in [-0.2, -0.15) is 0 Å². The topological polar surface area (TPSA) is 81.0 Å². The number of nitrogens with one attached hydrogen (secondary N) is 1. The molecule has 0 aliphatic carbocycles. The fourth-order valence-electron chi connectivity index (χ4n) is 1.95. The van der Waals surface area contributed by atoms with Crippen LogP contribution in [0.15, 0.2) is 18.2 Å². The van der Waals surface area contributed by atoms with E-state index in [1.165, 1.54) is 17.4 Å². The van der Waals surface area contributed by atoms with Gasteiger partial charge in [0.05, 0.1) is 10.5 Å². The Hall–Kier alpha value is -1.86. The molecule has 1 aromatic heterocycles. The molecule has 0 fully saturated rings. The van der Waals surface area contributed by atoms with E-state index >= 15 is 0 Å². The zero-order chi connectivity index (χ0) is 14.5. The number of rotatable bonds is 6. The van der Waals surface area contributed by atoms with Gasteiger partial charge in [-0.15, -0.1) is 10.2 Å². The number of nitro groups is 1. The number of hydrogen-bond acceptors (Lipinski definition) is 6. The quantitative estimate of drug-likeness (QED) is 0.503. The summed E-state index contributed by atoms with van der Waals surface area (Å²) in [5.41, 5.74) is 1.51. The average Bonchev–Trinajstić information content (AvgIpc) is 2.87. The van der Waals surface area contributed by atoms with Crippen molar-refractivity contribution in [1.29, 1.82) is 0 Å². The highest BCUT2D eigenvalue weighted by Crippen LogP contribution is 2.34. The molecule has 0 radical (unpaired) electrons. The Labute approximate surface area is 121 Å². The molecule has 0 aliphatic heterocycles. The molecule has 0 bridgehead atoms. The first kappa shape index (κ1) is 14.5. The number of hydrogen-bond donors (Lipinski definition) is 1. The molecule has 1 heterocycles. The number of aryl methyl sites for hydroxylation is 2. The standard InChI is InChI=1S/C13H16N4O2S/c1-9-5-3-6-10(17(18)19)12(9)13-16-15-11(20-13)7-4-8-14-2/h3,5-6,14H,4,7-8H2,1-2H3. The van der Waals surface area contributed by atoms with Gasteiger partial charge in [0, 0.05) is 12.5 Å². The van der Waals surface area contributed by atoms with Crippen molar-refractivity contribution in [2.75, 3.05) is 13.6 Å². The first-order valence-corrected chi connectivity index (χ1v) is 7.16. The summed E-state index contributed by atoms with van der Waals surface area (Å²) in [5, 5.41) is 24.0. The summed E-state index contributed by atoms with van der Waals surface area (Å²) >= 11 is 1.43. The van der Waals surface area contributed by atoms with E-state index in [0.717, 1.165) is 30.0 Å². The van der Waals surface area contributed by atoms with Crippen LogP contribution in [0.3, 0.4) is 0 Å². The normalized spacial score (nSPS) is 10.7. The highest BCUT2D eigenvalue weighted by molar-refractivity contribution is 7.14. The summed E-state index contributed by atoms with van der Waals surface area (Å²) in [4.78, 5) is 10.7. The van der Waals surface area contributed by atoms with Gasteiger partial charge in [-0.25, -0.2) is 0 Å². The van der Waals surface area contributed by atoms with E-state index in [-0.39, 0.29) is 10.6 Å². The third kappa shape index (κ3) is 3.17. The van der Waals surface area contributed by atoms with Crippen LogP contribution in [0.2, 0.25) is 0 Å². The highest BCUT2D eigenvalue weighted by Gasteiger charge is 2.20. The summed E-state index contributed by atoms with van der Waals surface area (Å²) in [6.45, 7) is 2.77. The van der Waals surface area contributed by atoms with E-state index in [0.29, 0.717) is 10.6 Å². The van der Waals surface area contributed by atoms with Gasteiger partial charge in [0.25, 0.3) is 5.69 Å². The molecular formula is C13H16N4O2S. The second-order valence-electron chi connectivity index (χ2n) is 4.43. The third-order valence-corrected chi connectivity index (χ3v) is 3.95. The van der Waals surface area contributed by atoms with Crippen molar-refractivity contribution in [1.82, 2.24) is 15.5 Å². The third-order valence-electron chi connectivity index (χ3n) is 2.95. The predicted octanol–water partition coefficient (Wildman–Crippen LogP) is 2.57. The van der Waals surface area contributed by atoms with Crippen LogP contribution < -0.4 is 5.32 Å². The van der Waals surface area contributed by atoms with Crippen LogP contribution in [-0.4, -0.2) is 28.7 Å². The van der Waals surface area contributed by atoms with E-state index in [1.54, 1.807) is 6.07 Å². The van der Waals surface area contributed by atoms with Gasteiger partial charge in [-0.1, -0.05) is 23.5 Å². The molecule has 6 nitrogen and oxygen atoms in total. The number of nitro benzene ring substituents is 1. The molecule has 0 atom stereocenters. The Morgan fingerprint density at radius 3 is 2.90 bits per heavy atom. The van der Waals surface area contributed by atoms with Gasteiger partial charge in [0.1, 0.15) is 5.01 Å². The van der Waals surface area contributed by atoms with E-state index in [1.807, 2.05) is 20.0 Å². The van der Waals surface area contributed by atoms with Crippen LogP contribution in [0.5, 0.6) is 0 Å². The SMILES string of the molecule is CNCCCc1nnc(-c2c(C)cccc2[N+](=O)[O-])s1. The largest absolute Gasteiger partial charge is 0.320 e. The lowest BCUT2D eigenvalue weighted by atomic mass is 10.1. The van der Waals surface area contributed by atoms with Gasteiger partial charge in [0.2, 0.25) is 0 Å². The lowest BCUT2D eigenvalue weighted by Crippen LogP contribution is -2.08. The molecule has 1 aromatic carbocycles. The van der Waals surface area contributed by atoms with Crippen molar-refractivity contribution in [3.63, 3.8) is 0 Å². The van der Waals surface area contributed by atoms with Gasteiger partial charge in [-0.05, 0) is 32.5 Å². The Morgan fingerprint density at radius 2 is 2.20 bits per heavy atom. The summed E-state index contributed by atoms with van der Waals surface area (Å²) in [5.74, 6) is 0. The number of aromatic nitrogens is 2. The highest BCUT2D eigenvalue weighted by atomic mass is 32.1. The Balaban J connectivity index is 2.30. The van der Waals surface area contributed by atoms with Crippen LogP contribution in [-0.2, 0) is 6.42 Å². The van der Waals surface area contributed by atoms with Gasteiger partial charge in [-0.3, -0.25) is 10.1 Å². The number of benzene rings is 1. The summed E-state index contributed by atoms with van der Waals surface area (Å²) in [6, 6.07) is 5.04. The molecule has 0 spiro atoms. The Kier molecular flexibility index (Phi) is 4.75. The summed E-state index contributed by atoms with van der Waals surface area (Å²) in [7, 11) is 1.90. The second kappa shape index (κ2) is 6.53. The molecule has 0 unspecified atom stereocenters. The Morgan fingerprint density at radius 1 is 1.40 bits per heavy atom. The van der Waals surface area contributed by atoms with E-state index < -0.39 is 0 Å². The lowest BCUT2D eigenvalue weighted by molar-refractivity contribution is -0.384. The predicted molar refractivity (Wildman–Crippen MR) is 79.0 cm³/mol. The summed E-state index contributed by atoms with van der Waals surface area (Å²) in [6.07, 6.45) is 1.80. The maximum absolute atomic E-state index is 11.1. The summed E-state index contributed by atoms with van der Waals surface area (Å²) < 4.78 is 0. The zero-order valence-corrected chi connectivity index (χ0v) is 12.2. The molecular weight excluding hydrogens is 276 g/mol. The van der Waals surface area contributed by atoms with Crippen LogP contribution in [0, 0.1) is 17.0 Å². The molecule has 7 heteroatoms.